The zero-order valence-corrected chi connectivity index (χ0v) is 16.5. The van der Waals surface area contributed by atoms with Gasteiger partial charge in [-0.05, 0) is 36.6 Å². The number of phenolic OH excluding ortho intramolecular Hbond substituents is 1. The Morgan fingerprint density at radius 2 is 1.56 bits per heavy atom. The number of rotatable bonds is 11. The standard InChI is InChI=1S/C21H28O5S/c1-2-3-4-5-6-7-9-12-17-15-20(26-18-13-10-8-11-14-18)19(22)16-21(17)27(23,24)25/h8,10-11,13-16,22H,2-7,9,12H2,1H3,(H,23,24,25). The molecule has 2 aromatic rings. The van der Waals surface area contributed by atoms with Crippen molar-refractivity contribution in [3.05, 3.63) is 48.0 Å². The molecule has 0 aliphatic rings. The first-order valence-electron chi connectivity index (χ1n) is 9.48. The van der Waals surface area contributed by atoms with E-state index >= 15 is 0 Å². The number of aryl methyl sites for hydroxylation is 1. The first-order chi connectivity index (χ1) is 12.9. The molecule has 0 saturated heterocycles. The summed E-state index contributed by atoms with van der Waals surface area (Å²) in [7, 11) is -4.42. The monoisotopic (exact) mass is 392 g/mol. The molecule has 0 aliphatic carbocycles. The quantitative estimate of drug-likeness (QED) is 0.377. The van der Waals surface area contributed by atoms with Crippen LogP contribution in [0.5, 0.6) is 17.2 Å². The van der Waals surface area contributed by atoms with Gasteiger partial charge in [-0.25, -0.2) is 0 Å². The maximum Gasteiger partial charge on any atom is 0.294 e. The van der Waals surface area contributed by atoms with Crippen LogP contribution in [0.1, 0.15) is 57.4 Å². The molecule has 2 aromatic carbocycles. The Hall–Kier alpha value is -2.05. The summed E-state index contributed by atoms with van der Waals surface area (Å²) >= 11 is 0. The summed E-state index contributed by atoms with van der Waals surface area (Å²) in [6.07, 6.45) is 8.24. The fourth-order valence-corrected chi connectivity index (χ4v) is 3.75. The molecule has 0 atom stereocenters. The van der Waals surface area contributed by atoms with Crippen molar-refractivity contribution in [1.29, 1.82) is 0 Å². The van der Waals surface area contributed by atoms with Crippen LogP contribution in [0.25, 0.3) is 0 Å². The molecule has 0 aromatic heterocycles. The highest BCUT2D eigenvalue weighted by Crippen LogP contribution is 2.35. The predicted molar refractivity (Wildman–Crippen MR) is 106 cm³/mol. The highest BCUT2D eigenvalue weighted by molar-refractivity contribution is 7.85. The second-order valence-electron chi connectivity index (χ2n) is 6.69. The van der Waals surface area contributed by atoms with Crippen molar-refractivity contribution in [2.75, 3.05) is 0 Å². The molecule has 0 aliphatic heterocycles. The molecule has 148 valence electrons. The smallest absolute Gasteiger partial charge is 0.294 e. The fraction of sp³-hybridized carbons (Fsp3) is 0.429. The molecule has 27 heavy (non-hydrogen) atoms. The Balaban J connectivity index is 2.11. The van der Waals surface area contributed by atoms with E-state index < -0.39 is 10.1 Å². The van der Waals surface area contributed by atoms with Crippen LogP contribution in [0.2, 0.25) is 0 Å². The lowest BCUT2D eigenvalue weighted by atomic mass is 10.0. The zero-order valence-electron chi connectivity index (χ0n) is 15.7. The van der Waals surface area contributed by atoms with Crippen LogP contribution >= 0.6 is 0 Å². The van der Waals surface area contributed by atoms with Gasteiger partial charge in [-0.1, -0.05) is 63.6 Å². The molecule has 0 heterocycles. The molecule has 0 amide bonds. The van der Waals surface area contributed by atoms with Crippen molar-refractivity contribution in [1.82, 2.24) is 0 Å². The highest BCUT2D eigenvalue weighted by atomic mass is 32.2. The first-order valence-corrected chi connectivity index (χ1v) is 10.9. The van der Waals surface area contributed by atoms with E-state index in [1.807, 2.05) is 6.07 Å². The Labute approximate surface area is 161 Å². The van der Waals surface area contributed by atoms with E-state index in [4.69, 9.17) is 4.74 Å². The molecule has 2 N–H and O–H groups in total. The van der Waals surface area contributed by atoms with Gasteiger partial charge >= 0.3 is 0 Å². The Morgan fingerprint density at radius 1 is 0.926 bits per heavy atom. The molecule has 6 heteroatoms. The molecule has 0 saturated carbocycles. The second-order valence-corrected chi connectivity index (χ2v) is 8.08. The van der Waals surface area contributed by atoms with Gasteiger partial charge in [0, 0.05) is 6.07 Å². The van der Waals surface area contributed by atoms with Crippen LogP contribution in [0.15, 0.2) is 47.4 Å². The molecule has 0 radical (unpaired) electrons. The first kappa shape index (κ1) is 21.3. The molecule has 0 spiro atoms. The zero-order chi connectivity index (χ0) is 19.7. The van der Waals surface area contributed by atoms with E-state index in [1.165, 1.54) is 31.7 Å². The van der Waals surface area contributed by atoms with Crippen LogP contribution in [0.4, 0.5) is 0 Å². The summed E-state index contributed by atoms with van der Waals surface area (Å²) in [5.74, 6) is 0.385. The maximum atomic E-state index is 11.7. The summed E-state index contributed by atoms with van der Waals surface area (Å²) in [5, 5.41) is 10.1. The average Bonchev–Trinajstić information content (AvgIpc) is 2.63. The summed E-state index contributed by atoms with van der Waals surface area (Å²) < 4.78 is 38.5. The lowest BCUT2D eigenvalue weighted by molar-refractivity contribution is 0.407. The minimum Gasteiger partial charge on any atom is -0.504 e. The Morgan fingerprint density at radius 3 is 2.19 bits per heavy atom. The Kier molecular flexibility index (Phi) is 8.13. The van der Waals surface area contributed by atoms with Gasteiger partial charge in [0.05, 0.1) is 0 Å². The molecule has 0 unspecified atom stereocenters. The SMILES string of the molecule is CCCCCCCCCc1cc(Oc2ccccc2)c(O)cc1S(=O)(=O)O. The summed E-state index contributed by atoms with van der Waals surface area (Å²) in [4.78, 5) is -0.258. The van der Waals surface area contributed by atoms with Gasteiger partial charge in [0.1, 0.15) is 10.6 Å². The van der Waals surface area contributed by atoms with Crippen molar-refractivity contribution < 1.29 is 22.8 Å². The van der Waals surface area contributed by atoms with Crippen LogP contribution in [-0.2, 0) is 16.5 Å². The third-order valence-corrected chi connectivity index (χ3v) is 5.38. The summed E-state index contributed by atoms with van der Waals surface area (Å²) in [5.41, 5.74) is 0.454. The maximum absolute atomic E-state index is 11.7. The molecular weight excluding hydrogens is 364 g/mol. The third kappa shape index (κ3) is 6.88. The lowest BCUT2D eigenvalue weighted by Gasteiger charge is -2.13. The minimum absolute atomic E-state index is 0.173. The molecule has 5 nitrogen and oxygen atoms in total. The van der Waals surface area contributed by atoms with Gasteiger partial charge in [0.2, 0.25) is 0 Å². The van der Waals surface area contributed by atoms with Crippen molar-refractivity contribution in [2.24, 2.45) is 0 Å². The largest absolute Gasteiger partial charge is 0.504 e. The molecule has 0 fully saturated rings. The van der Waals surface area contributed by atoms with Gasteiger partial charge in [-0.15, -0.1) is 0 Å². The van der Waals surface area contributed by atoms with E-state index in [1.54, 1.807) is 24.3 Å². The fourth-order valence-electron chi connectivity index (χ4n) is 3.00. The number of para-hydroxylation sites is 1. The van der Waals surface area contributed by atoms with Crippen molar-refractivity contribution in [3.8, 4) is 17.2 Å². The van der Waals surface area contributed by atoms with Gasteiger partial charge in [-0.2, -0.15) is 8.42 Å². The van der Waals surface area contributed by atoms with E-state index in [2.05, 4.69) is 6.92 Å². The van der Waals surface area contributed by atoms with Crippen LogP contribution in [0, 0.1) is 0 Å². The number of phenols is 1. The number of aromatic hydroxyl groups is 1. The van der Waals surface area contributed by atoms with Crippen molar-refractivity contribution in [3.63, 3.8) is 0 Å². The van der Waals surface area contributed by atoms with Crippen LogP contribution < -0.4 is 4.74 Å². The van der Waals surface area contributed by atoms with E-state index in [9.17, 15) is 18.1 Å². The number of benzene rings is 2. The van der Waals surface area contributed by atoms with Gasteiger partial charge in [0.25, 0.3) is 10.1 Å². The number of hydrogen-bond acceptors (Lipinski definition) is 4. The molecular formula is C21H28O5S. The summed E-state index contributed by atoms with van der Waals surface area (Å²) in [6.45, 7) is 2.18. The molecule has 2 rings (SSSR count). The number of hydrogen-bond donors (Lipinski definition) is 2. The predicted octanol–water partition coefficient (Wildman–Crippen LogP) is 5.72. The van der Waals surface area contributed by atoms with Crippen molar-refractivity contribution in [2.45, 2.75) is 63.2 Å². The second kappa shape index (κ2) is 10.3. The van der Waals surface area contributed by atoms with E-state index in [-0.39, 0.29) is 16.4 Å². The van der Waals surface area contributed by atoms with Crippen LogP contribution in [-0.4, -0.2) is 18.1 Å². The topological polar surface area (TPSA) is 83.8 Å². The average molecular weight is 393 g/mol. The van der Waals surface area contributed by atoms with E-state index in [0.29, 0.717) is 17.7 Å². The van der Waals surface area contributed by atoms with Crippen molar-refractivity contribution >= 4 is 10.1 Å². The van der Waals surface area contributed by atoms with Gasteiger partial charge in [-0.3, -0.25) is 4.55 Å². The highest BCUT2D eigenvalue weighted by Gasteiger charge is 2.19. The third-order valence-electron chi connectivity index (χ3n) is 4.44. The summed E-state index contributed by atoms with van der Waals surface area (Å²) in [6, 6.07) is 11.5. The lowest BCUT2D eigenvalue weighted by Crippen LogP contribution is -2.04. The van der Waals surface area contributed by atoms with E-state index in [0.717, 1.165) is 25.3 Å². The normalized spacial score (nSPS) is 11.5. The van der Waals surface area contributed by atoms with Crippen LogP contribution in [0.3, 0.4) is 0 Å². The van der Waals surface area contributed by atoms with Gasteiger partial charge < -0.3 is 9.84 Å². The minimum atomic E-state index is -4.42. The Bertz CT molecular complexity index is 816. The number of unbranched alkanes of at least 4 members (excludes halogenated alkanes) is 6. The molecule has 0 bridgehead atoms. The van der Waals surface area contributed by atoms with Gasteiger partial charge in [0.15, 0.2) is 11.5 Å². The number of ether oxygens (including phenoxy) is 1.